The van der Waals surface area contributed by atoms with E-state index in [0.29, 0.717) is 19.3 Å². The molecule has 6 heteroatoms. The number of hydrogen-bond acceptors (Lipinski definition) is 5. The average molecular weight is 808 g/mol. The van der Waals surface area contributed by atoms with Crippen LogP contribution in [0, 0.1) is 0 Å². The van der Waals surface area contributed by atoms with Gasteiger partial charge in [0.15, 0.2) is 0 Å². The zero-order chi connectivity index (χ0) is 41.7. The molecule has 57 heavy (non-hydrogen) atoms. The van der Waals surface area contributed by atoms with Crippen LogP contribution in [0.1, 0.15) is 290 Å². The van der Waals surface area contributed by atoms with Crippen molar-refractivity contribution in [1.82, 2.24) is 5.32 Å². The highest BCUT2D eigenvalue weighted by molar-refractivity contribution is 5.77. The molecule has 3 unspecified atom stereocenters. The quantitative estimate of drug-likeness (QED) is 0.0420. The molecular formula is C51H101NO5. The van der Waals surface area contributed by atoms with E-state index in [2.05, 4.69) is 26.1 Å². The van der Waals surface area contributed by atoms with Crippen molar-refractivity contribution < 1.29 is 24.5 Å². The number of esters is 1. The number of rotatable bonds is 47. The molecule has 0 bridgehead atoms. The Kier molecular flexibility index (Phi) is 45.0. The maximum Gasteiger partial charge on any atom is 0.306 e. The summed E-state index contributed by atoms with van der Waals surface area (Å²) in [6.45, 7) is 6.50. The number of carbonyl (C=O) groups is 2. The number of aliphatic hydroxyl groups is 2. The molecule has 0 fully saturated rings. The molecule has 6 nitrogen and oxygen atoms in total. The van der Waals surface area contributed by atoms with Gasteiger partial charge < -0.3 is 20.3 Å². The molecule has 3 N–H and O–H groups in total. The predicted molar refractivity (Wildman–Crippen MR) is 246 cm³/mol. The number of ether oxygens (including phenoxy) is 1. The Bertz CT molecular complexity index is 821. The zero-order valence-corrected chi connectivity index (χ0v) is 38.8. The summed E-state index contributed by atoms with van der Waals surface area (Å²) in [5, 5.41) is 23.8. The molecule has 0 aromatic rings. The molecule has 0 spiro atoms. The Balaban J connectivity index is 4.51. The number of unbranched alkanes of at least 4 members (excludes halogenated alkanes) is 35. The van der Waals surface area contributed by atoms with Gasteiger partial charge in [-0.25, -0.2) is 0 Å². The summed E-state index contributed by atoms with van der Waals surface area (Å²) in [5.74, 6) is -0.452. The first-order valence-corrected chi connectivity index (χ1v) is 25.8. The fraction of sp³-hybridized carbons (Fsp3) is 0.961. The summed E-state index contributed by atoms with van der Waals surface area (Å²) in [4.78, 5) is 26.1. The highest BCUT2D eigenvalue weighted by atomic mass is 16.5. The standard InChI is InChI=1S/C51H101NO5/c1-4-7-10-13-16-19-22-24-26-28-30-33-36-39-42-47(57-51(56)44-41-38-35-32-27-21-18-15-12-9-6-3)45-50(55)52-48(46-53)49(54)43-40-37-34-31-29-25-23-20-17-14-11-8-5-2/h47-49,53-54H,4-46H2,1-3H3,(H,52,55). The summed E-state index contributed by atoms with van der Waals surface area (Å²) in [7, 11) is 0. The van der Waals surface area contributed by atoms with Crippen molar-refractivity contribution in [3.05, 3.63) is 0 Å². The first-order chi connectivity index (χ1) is 28.0. The highest BCUT2D eigenvalue weighted by Gasteiger charge is 2.24. The van der Waals surface area contributed by atoms with E-state index in [1.165, 1.54) is 199 Å². The third kappa shape index (κ3) is 41.4. The Labute approximate surface area is 356 Å². The molecule has 0 radical (unpaired) electrons. The van der Waals surface area contributed by atoms with Gasteiger partial charge in [0, 0.05) is 6.42 Å². The van der Waals surface area contributed by atoms with Crippen molar-refractivity contribution in [1.29, 1.82) is 0 Å². The van der Waals surface area contributed by atoms with Gasteiger partial charge in [-0.15, -0.1) is 0 Å². The van der Waals surface area contributed by atoms with E-state index in [0.717, 1.165) is 44.9 Å². The number of aliphatic hydroxyl groups excluding tert-OH is 2. The molecule has 0 rings (SSSR count). The molecule has 340 valence electrons. The van der Waals surface area contributed by atoms with Crippen LogP contribution < -0.4 is 5.32 Å². The zero-order valence-electron chi connectivity index (χ0n) is 38.8. The van der Waals surface area contributed by atoms with Crippen LogP contribution in [0.3, 0.4) is 0 Å². The normalized spacial score (nSPS) is 13.1. The molecule has 1 amide bonds. The largest absolute Gasteiger partial charge is 0.462 e. The van der Waals surface area contributed by atoms with E-state index in [9.17, 15) is 19.8 Å². The van der Waals surface area contributed by atoms with Crippen LogP contribution in [0.2, 0.25) is 0 Å². The lowest BCUT2D eigenvalue weighted by molar-refractivity contribution is -0.151. The van der Waals surface area contributed by atoms with Gasteiger partial charge in [0.1, 0.15) is 6.10 Å². The van der Waals surface area contributed by atoms with Crippen molar-refractivity contribution in [3.63, 3.8) is 0 Å². The van der Waals surface area contributed by atoms with Gasteiger partial charge in [-0.05, 0) is 25.7 Å². The monoisotopic (exact) mass is 808 g/mol. The van der Waals surface area contributed by atoms with Gasteiger partial charge in [0.25, 0.3) is 0 Å². The lowest BCUT2D eigenvalue weighted by Gasteiger charge is -2.24. The number of carbonyl (C=O) groups excluding carboxylic acids is 2. The van der Waals surface area contributed by atoms with Gasteiger partial charge in [0.2, 0.25) is 5.91 Å². The minimum absolute atomic E-state index is 0.0877. The Morgan fingerprint density at radius 3 is 1.07 bits per heavy atom. The lowest BCUT2D eigenvalue weighted by Crippen LogP contribution is -2.46. The van der Waals surface area contributed by atoms with Gasteiger partial charge in [-0.1, -0.05) is 252 Å². The van der Waals surface area contributed by atoms with E-state index in [4.69, 9.17) is 4.74 Å². The summed E-state index contributed by atoms with van der Waals surface area (Å²) in [5.41, 5.74) is 0. The van der Waals surface area contributed by atoms with Crippen LogP contribution in [0.5, 0.6) is 0 Å². The Morgan fingerprint density at radius 2 is 0.737 bits per heavy atom. The molecule has 0 aromatic carbocycles. The molecule has 3 atom stereocenters. The number of nitrogens with one attached hydrogen (secondary N) is 1. The molecular weight excluding hydrogens is 707 g/mol. The van der Waals surface area contributed by atoms with Gasteiger partial charge in [-0.2, -0.15) is 0 Å². The lowest BCUT2D eigenvalue weighted by atomic mass is 10.0. The van der Waals surface area contributed by atoms with Gasteiger partial charge >= 0.3 is 5.97 Å². The van der Waals surface area contributed by atoms with Crippen LogP contribution in [0.15, 0.2) is 0 Å². The molecule has 0 saturated carbocycles. The van der Waals surface area contributed by atoms with Gasteiger partial charge in [-0.3, -0.25) is 9.59 Å². The fourth-order valence-electron chi connectivity index (χ4n) is 8.26. The minimum Gasteiger partial charge on any atom is -0.462 e. The number of hydrogen-bond donors (Lipinski definition) is 3. The van der Waals surface area contributed by atoms with Crippen molar-refractivity contribution in [3.8, 4) is 0 Å². The topological polar surface area (TPSA) is 95.9 Å². The third-order valence-corrected chi connectivity index (χ3v) is 12.2. The van der Waals surface area contributed by atoms with Crippen molar-refractivity contribution in [2.24, 2.45) is 0 Å². The van der Waals surface area contributed by atoms with E-state index >= 15 is 0 Å². The van der Waals surface area contributed by atoms with Crippen LogP contribution in [-0.4, -0.2) is 46.9 Å². The molecule has 0 heterocycles. The van der Waals surface area contributed by atoms with E-state index in [1.807, 2.05) is 0 Å². The first-order valence-electron chi connectivity index (χ1n) is 25.8. The second-order valence-electron chi connectivity index (χ2n) is 17.9. The predicted octanol–water partition coefficient (Wildman–Crippen LogP) is 15.2. The van der Waals surface area contributed by atoms with Crippen LogP contribution in [0.25, 0.3) is 0 Å². The summed E-state index contributed by atoms with van der Waals surface area (Å²) in [6, 6.07) is -0.691. The van der Waals surface area contributed by atoms with E-state index in [1.54, 1.807) is 0 Å². The smallest absolute Gasteiger partial charge is 0.306 e. The molecule has 0 aromatic heterocycles. The average Bonchev–Trinajstić information content (AvgIpc) is 3.20. The van der Waals surface area contributed by atoms with Crippen molar-refractivity contribution in [2.45, 2.75) is 309 Å². The first kappa shape index (κ1) is 55.9. The fourth-order valence-corrected chi connectivity index (χ4v) is 8.26. The maximum atomic E-state index is 13.2. The van der Waals surface area contributed by atoms with E-state index in [-0.39, 0.29) is 24.9 Å². The summed E-state index contributed by atoms with van der Waals surface area (Å²) >= 11 is 0. The van der Waals surface area contributed by atoms with Crippen LogP contribution >= 0.6 is 0 Å². The number of amides is 1. The molecule has 0 aliphatic heterocycles. The minimum atomic E-state index is -0.778. The van der Waals surface area contributed by atoms with Gasteiger partial charge in [0.05, 0.1) is 25.2 Å². The Hall–Kier alpha value is -1.14. The molecule has 0 saturated heterocycles. The second kappa shape index (κ2) is 45.9. The Morgan fingerprint density at radius 1 is 0.439 bits per heavy atom. The third-order valence-electron chi connectivity index (χ3n) is 12.2. The molecule has 0 aliphatic carbocycles. The summed E-state index contributed by atoms with van der Waals surface area (Å²) in [6.07, 6.45) is 48.7. The second-order valence-corrected chi connectivity index (χ2v) is 17.9. The van der Waals surface area contributed by atoms with Crippen molar-refractivity contribution >= 4 is 11.9 Å². The maximum absolute atomic E-state index is 13.2. The van der Waals surface area contributed by atoms with E-state index < -0.39 is 18.2 Å². The highest BCUT2D eigenvalue weighted by Crippen LogP contribution is 2.19. The summed E-state index contributed by atoms with van der Waals surface area (Å²) < 4.78 is 5.93. The van der Waals surface area contributed by atoms with Crippen molar-refractivity contribution in [2.75, 3.05) is 6.61 Å². The SMILES string of the molecule is CCCCCCCCCCCCCCCCC(CC(=O)NC(CO)C(O)CCCCCCCCCCCCCCC)OC(=O)CCCCCCCCCCCCC. The van der Waals surface area contributed by atoms with Crippen LogP contribution in [-0.2, 0) is 14.3 Å². The van der Waals surface area contributed by atoms with Crippen LogP contribution in [0.4, 0.5) is 0 Å². The molecule has 0 aliphatic rings.